The van der Waals surface area contributed by atoms with Crippen molar-refractivity contribution in [3.05, 3.63) is 63.1 Å². The minimum Gasteiger partial charge on any atom is -0.397 e. The normalized spacial score (nSPS) is 10.3. The number of hydrogen-bond donors (Lipinski definition) is 2. The van der Waals surface area contributed by atoms with E-state index in [9.17, 15) is 4.79 Å². The van der Waals surface area contributed by atoms with Crippen molar-refractivity contribution in [1.29, 1.82) is 0 Å². The molecule has 0 aromatic heterocycles. The zero-order valence-electron chi connectivity index (χ0n) is 10.9. The number of halogens is 2. The quantitative estimate of drug-likeness (QED) is 0.847. The zero-order valence-corrected chi connectivity index (χ0v) is 12.4. The van der Waals surface area contributed by atoms with E-state index in [0.29, 0.717) is 17.8 Å². The molecule has 104 valence electrons. The van der Waals surface area contributed by atoms with E-state index in [1.807, 2.05) is 31.2 Å². The van der Waals surface area contributed by atoms with Gasteiger partial charge in [0.1, 0.15) is 0 Å². The van der Waals surface area contributed by atoms with Crippen LogP contribution in [0.2, 0.25) is 10.0 Å². The van der Waals surface area contributed by atoms with Gasteiger partial charge in [-0.05, 0) is 30.2 Å². The SMILES string of the molecule is Cc1ccccc1CNC(=O)c1cc(N)c(Cl)c(Cl)c1. The number of amides is 1. The van der Waals surface area contributed by atoms with Crippen LogP contribution in [0.4, 0.5) is 5.69 Å². The molecule has 0 saturated carbocycles. The fraction of sp³-hybridized carbons (Fsp3) is 0.133. The molecular formula is C15H14Cl2N2O. The molecule has 0 unspecified atom stereocenters. The summed E-state index contributed by atoms with van der Waals surface area (Å²) in [7, 11) is 0. The number of anilines is 1. The first-order chi connectivity index (χ1) is 9.49. The first kappa shape index (κ1) is 14.7. The Hall–Kier alpha value is -1.71. The monoisotopic (exact) mass is 308 g/mol. The van der Waals surface area contributed by atoms with Gasteiger partial charge in [-0.2, -0.15) is 0 Å². The molecule has 0 bridgehead atoms. The largest absolute Gasteiger partial charge is 0.397 e. The number of nitrogen functional groups attached to an aromatic ring is 1. The lowest BCUT2D eigenvalue weighted by Crippen LogP contribution is -2.23. The third-order valence-electron chi connectivity index (χ3n) is 3.02. The predicted molar refractivity (Wildman–Crippen MR) is 83.2 cm³/mol. The van der Waals surface area contributed by atoms with Gasteiger partial charge >= 0.3 is 0 Å². The van der Waals surface area contributed by atoms with Crippen LogP contribution in [0.25, 0.3) is 0 Å². The summed E-state index contributed by atoms with van der Waals surface area (Å²) in [5.74, 6) is -0.237. The molecule has 0 fully saturated rings. The molecule has 2 rings (SSSR count). The fourth-order valence-electron chi connectivity index (χ4n) is 1.83. The first-order valence-corrected chi connectivity index (χ1v) is 6.82. The van der Waals surface area contributed by atoms with Crippen molar-refractivity contribution in [3.63, 3.8) is 0 Å². The van der Waals surface area contributed by atoms with Gasteiger partial charge in [0.05, 0.1) is 15.7 Å². The number of nitrogens with two attached hydrogens (primary N) is 1. The van der Waals surface area contributed by atoms with Gasteiger partial charge in [0.15, 0.2) is 0 Å². The van der Waals surface area contributed by atoms with Gasteiger partial charge < -0.3 is 11.1 Å². The maximum atomic E-state index is 12.1. The molecule has 5 heteroatoms. The summed E-state index contributed by atoms with van der Waals surface area (Å²) in [4.78, 5) is 12.1. The van der Waals surface area contributed by atoms with E-state index in [1.54, 1.807) is 0 Å². The number of hydrogen-bond acceptors (Lipinski definition) is 2. The summed E-state index contributed by atoms with van der Waals surface area (Å²) in [5.41, 5.74) is 8.57. The van der Waals surface area contributed by atoms with Gasteiger partial charge in [0.2, 0.25) is 0 Å². The lowest BCUT2D eigenvalue weighted by atomic mass is 10.1. The van der Waals surface area contributed by atoms with Crippen molar-refractivity contribution in [2.75, 3.05) is 5.73 Å². The molecule has 0 aliphatic rings. The van der Waals surface area contributed by atoms with Crippen LogP contribution in [-0.4, -0.2) is 5.91 Å². The Morgan fingerprint density at radius 3 is 2.60 bits per heavy atom. The Kier molecular flexibility index (Phi) is 4.53. The van der Waals surface area contributed by atoms with Crippen molar-refractivity contribution in [1.82, 2.24) is 5.32 Å². The molecule has 3 nitrogen and oxygen atoms in total. The molecule has 20 heavy (non-hydrogen) atoms. The average Bonchev–Trinajstić information content (AvgIpc) is 2.43. The fourth-order valence-corrected chi connectivity index (χ4v) is 2.16. The van der Waals surface area contributed by atoms with E-state index in [1.165, 1.54) is 12.1 Å². The number of carbonyl (C=O) groups is 1. The topological polar surface area (TPSA) is 55.1 Å². The highest BCUT2D eigenvalue weighted by atomic mass is 35.5. The number of aryl methyl sites for hydroxylation is 1. The van der Waals surface area contributed by atoms with Gasteiger partial charge in [-0.25, -0.2) is 0 Å². The average molecular weight is 309 g/mol. The van der Waals surface area contributed by atoms with Gasteiger partial charge in [0, 0.05) is 12.1 Å². The number of rotatable bonds is 3. The first-order valence-electron chi connectivity index (χ1n) is 6.06. The van der Waals surface area contributed by atoms with E-state index in [0.717, 1.165) is 11.1 Å². The van der Waals surface area contributed by atoms with Crippen LogP contribution in [0, 0.1) is 6.92 Å². The van der Waals surface area contributed by atoms with Crippen LogP contribution < -0.4 is 11.1 Å². The number of carbonyl (C=O) groups excluding carboxylic acids is 1. The molecule has 2 aromatic carbocycles. The molecule has 0 heterocycles. The summed E-state index contributed by atoms with van der Waals surface area (Å²) in [6, 6.07) is 10.9. The second kappa shape index (κ2) is 6.16. The van der Waals surface area contributed by atoms with Gasteiger partial charge in [0.25, 0.3) is 5.91 Å². The van der Waals surface area contributed by atoms with E-state index in [4.69, 9.17) is 28.9 Å². The molecule has 2 aromatic rings. The zero-order chi connectivity index (χ0) is 14.7. The highest BCUT2D eigenvalue weighted by Crippen LogP contribution is 2.29. The minimum absolute atomic E-state index is 0.237. The molecule has 3 N–H and O–H groups in total. The Bertz CT molecular complexity index is 633. The molecule has 0 aliphatic carbocycles. The van der Waals surface area contributed by atoms with Crippen molar-refractivity contribution >= 4 is 34.8 Å². The van der Waals surface area contributed by atoms with E-state index >= 15 is 0 Å². The maximum absolute atomic E-state index is 12.1. The van der Waals surface area contributed by atoms with Gasteiger partial charge in [-0.1, -0.05) is 47.5 Å². The highest BCUT2D eigenvalue weighted by Gasteiger charge is 2.11. The molecule has 0 atom stereocenters. The predicted octanol–water partition coefficient (Wildman–Crippen LogP) is 3.81. The molecule has 0 saturated heterocycles. The Morgan fingerprint density at radius 1 is 1.25 bits per heavy atom. The van der Waals surface area contributed by atoms with Crippen LogP contribution in [-0.2, 0) is 6.54 Å². The molecule has 0 aliphatic heterocycles. The smallest absolute Gasteiger partial charge is 0.251 e. The molecular weight excluding hydrogens is 295 g/mol. The minimum atomic E-state index is -0.237. The lowest BCUT2D eigenvalue weighted by Gasteiger charge is -2.09. The lowest BCUT2D eigenvalue weighted by molar-refractivity contribution is 0.0951. The second-order valence-corrected chi connectivity index (χ2v) is 5.26. The summed E-state index contributed by atoms with van der Waals surface area (Å²) >= 11 is 11.8. The van der Waals surface area contributed by atoms with E-state index in [2.05, 4.69) is 5.32 Å². The van der Waals surface area contributed by atoms with Crippen LogP contribution in [0.5, 0.6) is 0 Å². The van der Waals surface area contributed by atoms with Crippen LogP contribution in [0.1, 0.15) is 21.5 Å². The van der Waals surface area contributed by atoms with Crippen molar-refractivity contribution < 1.29 is 4.79 Å². The molecule has 1 amide bonds. The van der Waals surface area contributed by atoms with Gasteiger partial charge in [-0.3, -0.25) is 4.79 Å². The van der Waals surface area contributed by atoms with Crippen LogP contribution in [0.3, 0.4) is 0 Å². The third kappa shape index (κ3) is 3.24. The Labute approximate surface area is 127 Å². The third-order valence-corrected chi connectivity index (χ3v) is 3.84. The standard InChI is InChI=1S/C15H14Cl2N2O/c1-9-4-2-3-5-10(9)8-19-15(20)11-6-12(16)14(17)13(18)7-11/h2-7H,8,18H2,1H3,(H,19,20). The number of nitrogens with one attached hydrogen (secondary N) is 1. The Morgan fingerprint density at radius 2 is 1.95 bits per heavy atom. The summed E-state index contributed by atoms with van der Waals surface area (Å²) in [6.07, 6.45) is 0. The summed E-state index contributed by atoms with van der Waals surface area (Å²) < 4.78 is 0. The number of benzene rings is 2. The van der Waals surface area contributed by atoms with Crippen molar-refractivity contribution in [3.8, 4) is 0 Å². The van der Waals surface area contributed by atoms with E-state index in [-0.39, 0.29) is 16.0 Å². The highest BCUT2D eigenvalue weighted by molar-refractivity contribution is 6.43. The van der Waals surface area contributed by atoms with Crippen molar-refractivity contribution in [2.24, 2.45) is 0 Å². The van der Waals surface area contributed by atoms with Crippen molar-refractivity contribution in [2.45, 2.75) is 13.5 Å². The van der Waals surface area contributed by atoms with Crippen LogP contribution >= 0.6 is 23.2 Å². The van der Waals surface area contributed by atoms with Gasteiger partial charge in [-0.15, -0.1) is 0 Å². The summed E-state index contributed by atoms with van der Waals surface area (Å²) in [6.45, 7) is 2.45. The second-order valence-electron chi connectivity index (χ2n) is 4.47. The summed E-state index contributed by atoms with van der Waals surface area (Å²) in [5, 5.41) is 3.37. The maximum Gasteiger partial charge on any atom is 0.251 e. The molecule has 0 radical (unpaired) electrons. The Balaban J connectivity index is 2.11. The molecule has 0 spiro atoms. The van der Waals surface area contributed by atoms with Crippen LogP contribution in [0.15, 0.2) is 36.4 Å². The van der Waals surface area contributed by atoms with E-state index < -0.39 is 0 Å².